The summed E-state index contributed by atoms with van der Waals surface area (Å²) in [6.07, 6.45) is 6.92. The molecule has 0 aromatic carbocycles. The first-order valence-electron chi connectivity index (χ1n) is 7.69. The minimum Gasteiger partial charge on any atom is -0.334 e. The Labute approximate surface area is 134 Å². The molecule has 112 valence electrons. The van der Waals surface area contributed by atoms with Crippen LogP contribution < -0.4 is 0 Å². The maximum atomic E-state index is 12.8. The molecular formula is C16H24BrNOS. The van der Waals surface area contributed by atoms with E-state index in [-0.39, 0.29) is 5.91 Å². The van der Waals surface area contributed by atoms with Crippen molar-refractivity contribution in [2.75, 3.05) is 11.9 Å². The molecule has 1 aromatic heterocycles. The van der Waals surface area contributed by atoms with E-state index in [1.165, 1.54) is 23.3 Å². The van der Waals surface area contributed by atoms with Gasteiger partial charge in [0.25, 0.3) is 5.91 Å². The fourth-order valence-corrected chi connectivity index (χ4v) is 4.60. The zero-order chi connectivity index (χ0) is 14.5. The summed E-state index contributed by atoms with van der Waals surface area (Å²) in [5.41, 5.74) is 1.42. The van der Waals surface area contributed by atoms with Crippen LogP contribution in [0.5, 0.6) is 0 Å². The van der Waals surface area contributed by atoms with Crippen molar-refractivity contribution in [2.45, 2.75) is 58.4 Å². The number of rotatable bonds is 6. The third kappa shape index (κ3) is 3.45. The molecule has 1 aromatic rings. The monoisotopic (exact) mass is 357 g/mol. The Bertz CT molecular complexity index is 430. The van der Waals surface area contributed by atoms with E-state index in [0.717, 1.165) is 42.4 Å². The summed E-state index contributed by atoms with van der Waals surface area (Å²) in [5, 5.41) is 0.848. The molecule has 0 unspecified atom stereocenters. The molecule has 0 spiro atoms. The van der Waals surface area contributed by atoms with Gasteiger partial charge in [-0.1, -0.05) is 29.8 Å². The molecule has 0 radical (unpaired) electrons. The Morgan fingerprint density at radius 3 is 2.65 bits per heavy atom. The summed E-state index contributed by atoms with van der Waals surface area (Å²) in [6.45, 7) is 5.14. The van der Waals surface area contributed by atoms with Gasteiger partial charge in [0, 0.05) is 22.8 Å². The van der Waals surface area contributed by atoms with E-state index < -0.39 is 0 Å². The lowest BCUT2D eigenvalue weighted by molar-refractivity contribution is 0.0688. The maximum Gasteiger partial charge on any atom is 0.264 e. The van der Waals surface area contributed by atoms with Gasteiger partial charge in [0.15, 0.2) is 0 Å². The predicted octanol–water partition coefficient (Wildman–Crippen LogP) is 4.65. The maximum absolute atomic E-state index is 12.8. The summed E-state index contributed by atoms with van der Waals surface area (Å²) in [4.78, 5) is 17.3. The quantitative estimate of drug-likeness (QED) is 0.678. The largest absolute Gasteiger partial charge is 0.334 e. The molecule has 0 aliphatic heterocycles. The minimum atomic E-state index is 0.234. The van der Waals surface area contributed by atoms with Crippen molar-refractivity contribution in [1.29, 1.82) is 0 Å². The van der Waals surface area contributed by atoms with Crippen LogP contribution in [-0.4, -0.2) is 28.7 Å². The van der Waals surface area contributed by atoms with Crippen molar-refractivity contribution >= 4 is 33.2 Å². The molecule has 0 N–H and O–H groups in total. The van der Waals surface area contributed by atoms with E-state index in [1.54, 1.807) is 11.3 Å². The number of hydrogen-bond donors (Lipinski definition) is 0. The zero-order valence-electron chi connectivity index (χ0n) is 12.5. The Kier molecular flexibility index (Phi) is 6.09. The van der Waals surface area contributed by atoms with Crippen LogP contribution >= 0.6 is 27.3 Å². The summed E-state index contributed by atoms with van der Waals surface area (Å²) in [7, 11) is 0. The topological polar surface area (TPSA) is 20.3 Å². The van der Waals surface area contributed by atoms with Crippen LogP contribution in [0.2, 0.25) is 0 Å². The molecule has 0 atom stereocenters. The lowest BCUT2D eigenvalue weighted by Gasteiger charge is -2.29. The number of hydrogen-bond acceptors (Lipinski definition) is 2. The molecule has 1 heterocycles. The number of fused-ring (bicyclic) bond motifs is 1. The van der Waals surface area contributed by atoms with Crippen LogP contribution in [0.1, 0.15) is 59.6 Å². The van der Waals surface area contributed by atoms with Crippen molar-refractivity contribution < 1.29 is 4.79 Å². The number of halogens is 1. The fraction of sp³-hybridized carbons (Fsp3) is 0.688. The molecule has 20 heavy (non-hydrogen) atoms. The van der Waals surface area contributed by atoms with Gasteiger partial charge in [0.2, 0.25) is 0 Å². The Hall–Kier alpha value is -0.350. The van der Waals surface area contributed by atoms with Gasteiger partial charge < -0.3 is 4.90 Å². The summed E-state index contributed by atoms with van der Waals surface area (Å²) < 4.78 is 0. The van der Waals surface area contributed by atoms with Crippen LogP contribution in [0.25, 0.3) is 0 Å². The second-order valence-corrected chi connectivity index (χ2v) is 7.35. The van der Waals surface area contributed by atoms with Crippen molar-refractivity contribution in [3.05, 3.63) is 21.4 Å². The third-order valence-corrected chi connectivity index (χ3v) is 5.76. The number of amides is 1. The molecule has 4 heteroatoms. The first kappa shape index (κ1) is 16.0. The highest BCUT2D eigenvalue weighted by atomic mass is 79.9. The summed E-state index contributed by atoms with van der Waals surface area (Å²) in [6, 6.07) is 2.52. The van der Waals surface area contributed by atoms with Gasteiger partial charge in [-0.2, -0.15) is 0 Å². The van der Waals surface area contributed by atoms with Crippen molar-refractivity contribution in [3.63, 3.8) is 0 Å². The number of carbonyl (C=O) groups excluding carboxylic acids is 1. The standard InChI is InChI=1S/C16H24BrNOS/c1-3-13(4-2)18(10-9-17)16(19)15-11-12-7-5-6-8-14(12)20-15/h11,13H,3-10H2,1-2H3. The second-order valence-electron chi connectivity index (χ2n) is 5.42. The Morgan fingerprint density at radius 1 is 1.35 bits per heavy atom. The van der Waals surface area contributed by atoms with Crippen LogP contribution in [-0.2, 0) is 12.8 Å². The number of nitrogens with zero attached hydrogens (tertiary/aromatic N) is 1. The van der Waals surface area contributed by atoms with Gasteiger partial charge in [-0.3, -0.25) is 4.79 Å². The highest BCUT2D eigenvalue weighted by molar-refractivity contribution is 9.09. The first-order chi connectivity index (χ1) is 9.71. The van der Waals surface area contributed by atoms with Gasteiger partial charge >= 0.3 is 0 Å². The molecule has 1 aliphatic rings. The number of aryl methyl sites for hydroxylation is 2. The van der Waals surface area contributed by atoms with Crippen molar-refractivity contribution in [1.82, 2.24) is 4.90 Å². The van der Waals surface area contributed by atoms with E-state index in [9.17, 15) is 4.79 Å². The van der Waals surface area contributed by atoms with Crippen LogP contribution in [0.3, 0.4) is 0 Å². The average Bonchev–Trinajstić information content (AvgIpc) is 2.90. The van der Waals surface area contributed by atoms with Gasteiger partial charge in [0.1, 0.15) is 0 Å². The number of thiophene rings is 1. The highest BCUT2D eigenvalue weighted by Crippen LogP contribution is 2.31. The predicted molar refractivity (Wildman–Crippen MR) is 90.2 cm³/mol. The van der Waals surface area contributed by atoms with E-state index >= 15 is 0 Å². The smallest absolute Gasteiger partial charge is 0.264 e. The molecule has 0 bridgehead atoms. The molecule has 2 rings (SSSR count). The highest BCUT2D eigenvalue weighted by Gasteiger charge is 2.25. The Morgan fingerprint density at radius 2 is 2.05 bits per heavy atom. The molecule has 0 fully saturated rings. The van der Waals surface area contributed by atoms with E-state index in [0.29, 0.717) is 6.04 Å². The van der Waals surface area contributed by atoms with Crippen molar-refractivity contribution in [3.8, 4) is 0 Å². The van der Waals surface area contributed by atoms with Gasteiger partial charge in [0.05, 0.1) is 4.88 Å². The van der Waals surface area contributed by atoms with Gasteiger partial charge in [-0.15, -0.1) is 11.3 Å². The lowest BCUT2D eigenvalue weighted by Crippen LogP contribution is -2.40. The van der Waals surface area contributed by atoms with E-state index in [1.807, 2.05) is 0 Å². The lowest BCUT2D eigenvalue weighted by atomic mass is 9.99. The molecule has 2 nitrogen and oxygen atoms in total. The molecule has 1 aliphatic carbocycles. The molecule has 1 amide bonds. The minimum absolute atomic E-state index is 0.234. The SMILES string of the molecule is CCC(CC)N(CCBr)C(=O)c1cc2c(s1)CCCC2. The third-order valence-electron chi connectivity index (χ3n) is 4.18. The summed E-state index contributed by atoms with van der Waals surface area (Å²) in [5.74, 6) is 0.234. The second kappa shape index (κ2) is 7.60. The number of carbonyl (C=O) groups is 1. The van der Waals surface area contributed by atoms with Gasteiger partial charge in [-0.05, 0) is 50.2 Å². The zero-order valence-corrected chi connectivity index (χ0v) is 14.9. The first-order valence-corrected chi connectivity index (χ1v) is 9.63. The fourth-order valence-electron chi connectivity index (χ4n) is 3.01. The van der Waals surface area contributed by atoms with Gasteiger partial charge in [-0.25, -0.2) is 0 Å². The van der Waals surface area contributed by atoms with Crippen LogP contribution in [0.4, 0.5) is 0 Å². The number of alkyl halides is 1. The van der Waals surface area contributed by atoms with Crippen LogP contribution in [0, 0.1) is 0 Å². The molecule has 0 saturated carbocycles. The molecular weight excluding hydrogens is 334 g/mol. The Balaban J connectivity index is 2.20. The van der Waals surface area contributed by atoms with E-state index in [4.69, 9.17) is 0 Å². The van der Waals surface area contributed by atoms with Crippen LogP contribution in [0.15, 0.2) is 6.07 Å². The average molecular weight is 358 g/mol. The molecule has 0 saturated heterocycles. The van der Waals surface area contributed by atoms with Crippen molar-refractivity contribution in [2.24, 2.45) is 0 Å². The normalized spacial score (nSPS) is 14.4. The van der Waals surface area contributed by atoms with E-state index in [2.05, 4.69) is 40.7 Å². The summed E-state index contributed by atoms with van der Waals surface area (Å²) >= 11 is 5.21.